The topological polar surface area (TPSA) is 51.4 Å². The van der Waals surface area contributed by atoms with Gasteiger partial charge in [-0.1, -0.05) is 12.1 Å². The van der Waals surface area contributed by atoms with E-state index in [1.54, 1.807) is 6.33 Å². The summed E-state index contributed by atoms with van der Waals surface area (Å²) in [5.74, 6) is 0.848. The summed E-state index contributed by atoms with van der Waals surface area (Å²) in [6.45, 7) is 7.86. The van der Waals surface area contributed by atoms with E-state index >= 15 is 0 Å². The molecule has 3 heterocycles. The Balaban J connectivity index is 1.94. The second-order valence-electron chi connectivity index (χ2n) is 6.52. The van der Waals surface area contributed by atoms with Crippen molar-refractivity contribution in [3.05, 3.63) is 30.6 Å². The zero-order chi connectivity index (χ0) is 15.3. The summed E-state index contributed by atoms with van der Waals surface area (Å²) in [4.78, 5) is 11.2. The lowest BCUT2D eigenvalue weighted by atomic mass is 10.0. The van der Waals surface area contributed by atoms with Gasteiger partial charge in [-0.2, -0.15) is 0 Å². The van der Waals surface area contributed by atoms with E-state index < -0.39 is 0 Å². The van der Waals surface area contributed by atoms with Crippen LogP contribution in [0.2, 0.25) is 0 Å². The Labute approximate surface area is 128 Å². The number of anilines is 1. The number of rotatable bonds is 1. The molecule has 114 valence electrons. The number of para-hydroxylation sites is 1. The van der Waals surface area contributed by atoms with Crippen LogP contribution in [0.15, 0.2) is 35.0 Å². The first-order chi connectivity index (χ1) is 10.6. The monoisotopic (exact) mass is 297 g/mol. The Hall–Kier alpha value is -2.14. The maximum atomic E-state index is 6.06. The SMILES string of the molecule is CC1CN(c2ncnc3c2oc2ccccc23)C(C)(C)CO1. The number of morpholine rings is 1. The Morgan fingerprint density at radius 3 is 2.91 bits per heavy atom. The molecule has 1 aliphatic heterocycles. The number of fused-ring (bicyclic) bond motifs is 3. The molecular formula is C17H19N3O2. The van der Waals surface area contributed by atoms with Crippen LogP contribution in [0, 0.1) is 0 Å². The molecule has 5 heteroatoms. The first-order valence-corrected chi connectivity index (χ1v) is 7.58. The third kappa shape index (κ3) is 1.96. The van der Waals surface area contributed by atoms with Gasteiger partial charge in [0.25, 0.3) is 0 Å². The summed E-state index contributed by atoms with van der Waals surface area (Å²) in [5, 5.41) is 1.03. The molecule has 0 radical (unpaired) electrons. The summed E-state index contributed by atoms with van der Waals surface area (Å²) in [5.41, 5.74) is 2.34. The van der Waals surface area contributed by atoms with Crippen molar-refractivity contribution in [1.29, 1.82) is 0 Å². The normalized spacial score (nSPS) is 21.6. The van der Waals surface area contributed by atoms with Crippen LogP contribution in [0.4, 0.5) is 5.82 Å². The van der Waals surface area contributed by atoms with Crippen molar-refractivity contribution in [2.24, 2.45) is 0 Å². The van der Waals surface area contributed by atoms with Crippen LogP contribution in [0.25, 0.3) is 22.1 Å². The number of aromatic nitrogens is 2. The minimum Gasteiger partial charge on any atom is -0.450 e. The highest BCUT2D eigenvalue weighted by molar-refractivity contribution is 6.05. The molecule has 1 saturated heterocycles. The molecule has 2 aromatic heterocycles. The fourth-order valence-electron chi connectivity index (χ4n) is 3.06. The van der Waals surface area contributed by atoms with Gasteiger partial charge in [-0.05, 0) is 32.9 Å². The smallest absolute Gasteiger partial charge is 0.196 e. The number of nitrogens with zero attached hydrogens (tertiary/aromatic N) is 3. The third-order valence-corrected chi connectivity index (χ3v) is 4.29. The second kappa shape index (κ2) is 4.68. The van der Waals surface area contributed by atoms with E-state index in [0.717, 1.165) is 34.4 Å². The molecular weight excluding hydrogens is 278 g/mol. The van der Waals surface area contributed by atoms with Crippen molar-refractivity contribution >= 4 is 27.9 Å². The van der Waals surface area contributed by atoms with E-state index in [1.165, 1.54) is 0 Å². The van der Waals surface area contributed by atoms with E-state index in [9.17, 15) is 0 Å². The largest absolute Gasteiger partial charge is 0.450 e. The number of hydrogen-bond acceptors (Lipinski definition) is 5. The predicted octanol–water partition coefficient (Wildman–Crippen LogP) is 3.38. The second-order valence-corrected chi connectivity index (χ2v) is 6.52. The third-order valence-electron chi connectivity index (χ3n) is 4.29. The molecule has 1 fully saturated rings. The van der Waals surface area contributed by atoms with E-state index in [-0.39, 0.29) is 11.6 Å². The Bertz CT molecular complexity index is 840. The Morgan fingerprint density at radius 2 is 2.05 bits per heavy atom. The van der Waals surface area contributed by atoms with Gasteiger partial charge in [0.2, 0.25) is 0 Å². The van der Waals surface area contributed by atoms with E-state index in [1.807, 2.05) is 24.3 Å². The Kier molecular flexibility index (Phi) is 2.87. The average Bonchev–Trinajstić information content (AvgIpc) is 2.88. The fraction of sp³-hybridized carbons (Fsp3) is 0.412. The number of benzene rings is 1. The summed E-state index contributed by atoms with van der Waals surface area (Å²) in [6, 6.07) is 7.97. The van der Waals surface area contributed by atoms with Gasteiger partial charge >= 0.3 is 0 Å². The molecule has 22 heavy (non-hydrogen) atoms. The minimum atomic E-state index is -0.132. The molecule has 0 N–H and O–H groups in total. The van der Waals surface area contributed by atoms with Crippen molar-refractivity contribution in [2.45, 2.75) is 32.4 Å². The van der Waals surface area contributed by atoms with Gasteiger partial charge in [0.1, 0.15) is 17.4 Å². The van der Waals surface area contributed by atoms with Crippen molar-refractivity contribution in [1.82, 2.24) is 9.97 Å². The van der Waals surface area contributed by atoms with Crippen molar-refractivity contribution in [3.63, 3.8) is 0 Å². The minimum absolute atomic E-state index is 0.132. The lowest BCUT2D eigenvalue weighted by Gasteiger charge is -2.45. The van der Waals surface area contributed by atoms with Crippen molar-refractivity contribution in [3.8, 4) is 0 Å². The molecule has 5 nitrogen and oxygen atoms in total. The van der Waals surface area contributed by atoms with Gasteiger partial charge in [-0.3, -0.25) is 0 Å². The van der Waals surface area contributed by atoms with Gasteiger partial charge < -0.3 is 14.1 Å². The molecule has 0 spiro atoms. The van der Waals surface area contributed by atoms with Gasteiger partial charge in [0.05, 0.1) is 18.2 Å². The fourth-order valence-corrected chi connectivity index (χ4v) is 3.06. The molecule has 1 aliphatic rings. The molecule has 3 aromatic rings. The molecule has 0 bridgehead atoms. The Morgan fingerprint density at radius 1 is 1.23 bits per heavy atom. The van der Waals surface area contributed by atoms with Crippen LogP contribution in [-0.2, 0) is 4.74 Å². The van der Waals surface area contributed by atoms with E-state index in [2.05, 4.69) is 35.6 Å². The van der Waals surface area contributed by atoms with Gasteiger partial charge in [-0.25, -0.2) is 9.97 Å². The first-order valence-electron chi connectivity index (χ1n) is 7.58. The van der Waals surface area contributed by atoms with E-state index in [4.69, 9.17) is 9.15 Å². The van der Waals surface area contributed by atoms with Crippen molar-refractivity contribution in [2.75, 3.05) is 18.1 Å². The first kappa shape index (κ1) is 13.5. The summed E-state index contributed by atoms with van der Waals surface area (Å²) >= 11 is 0. The zero-order valence-electron chi connectivity index (χ0n) is 13.0. The maximum absolute atomic E-state index is 6.06. The van der Waals surface area contributed by atoms with Crippen LogP contribution in [0.1, 0.15) is 20.8 Å². The van der Waals surface area contributed by atoms with E-state index in [0.29, 0.717) is 6.61 Å². The number of hydrogen-bond donors (Lipinski definition) is 0. The van der Waals surface area contributed by atoms with Gasteiger partial charge in [0, 0.05) is 11.9 Å². The predicted molar refractivity (Wildman–Crippen MR) is 86.1 cm³/mol. The highest BCUT2D eigenvalue weighted by Gasteiger charge is 2.36. The average molecular weight is 297 g/mol. The lowest BCUT2D eigenvalue weighted by Crippen LogP contribution is -2.56. The molecule has 0 saturated carbocycles. The highest BCUT2D eigenvalue weighted by Crippen LogP contribution is 2.36. The lowest BCUT2D eigenvalue weighted by molar-refractivity contribution is 0.00668. The summed E-state index contributed by atoms with van der Waals surface area (Å²) in [7, 11) is 0. The maximum Gasteiger partial charge on any atom is 0.196 e. The molecule has 1 atom stereocenters. The standard InChI is InChI=1S/C17H19N3O2/c1-11-8-20(17(2,3)9-21-11)16-15-14(18-10-19-16)12-6-4-5-7-13(12)22-15/h4-7,10-11H,8-9H2,1-3H3. The summed E-state index contributed by atoms with van der Waals surface area (Å²) in [6.07, 6.45) is 1.79. The molecule has 0 aliphatic carbocycles. The highest BCUT2D eigenvalue weighted by atomic mass is 16.5. The molecule has 1 unspecified atom stereocenters. The quantitative estimate of drug-likeness (QED) is 0.689. The molecule has 1 aromatic carbocycles. The number of furan rings is 1. The molecule has 4 rings (SSSR count). The van der Waals surface area contributed by atoms with Crippen molar-refractivity contribution < 1.29 is 9.15 Å². The van der Waals surface area contributed by atoms with Crippen LogP contribution in [0.3, 0.4) is 0 Å². The van der Waals surface area contributed by atoms with Crippen LogP contribution in [0.5, 0.6) is 0 Å². The number of ether oxygens (including phenoxy) is 1. The van der Waals surface area contributed by atoms with Gasteiger partial charge in [-0.15, -0.1) is 0 Å². The van der Waals surface area contributed by atoms with Crippen LogP contribution in [-0.4, -0.2) is 34.8 Å². The van der Waals surface area contributed by atoms with Crippen LogP contribution >= 0.6 is 0 Å². The van der Waals surface area contributed by atoms with Crippen LogP contribution < -0.4 is 4.90 Å². The summed E-state index contributed by atoms with van der Waals surface area (Å²) < 4.78 is 11.9. The molecule has 0 amide bonds. The zero-order valence-corrected chi connectivity index (χ0v) is 13.0. The van der Waals surface area contributed by atoms with Gasteiger partial charge in [0.15, 0.2) is 11.4 Å².